The van der Waals surface area contributed by atoms with Crippen molar-refractivity contribution in [3.63, 3.8) is 0 Å². The predicted octanol–water partition coefficient (Wildman–Crippen LogP) is 16.9. The lowest BCUT2D eigenvalue weighted by Crippen LogP contribution is -2.25. The SMILES string of the molecule is C=C(c1ccccc1)N(c1ccc(-c2cccc3c2-c2ccccc2C32c3ccccc3-c3c(-c4nc(-c5ccccc5)nc(-c5cccc6c5oc5ccccc56)n4)cccc32)cc1)c1ccccc1C. The van der Waals surface area contributed by atoms with Gasteiger partial charge in [0.1, 0.15) is 11.2 Å². The smallest absolute Gasteiger partial charge is 0.167 e. The van der Waals surface area contributed by atoms with E-state index in [1.807, 2.05) is 42.5 Å². The molecule has 0 N–H and O–H groups in total. The molecule has 1 spiro atoms. The van der Waals surface area contributed by atoms with E-state index in [1.54, 1.807) is 0 Å². The van der Waals surface area contributed by atoms with E-state index in [2.05, 4.69) is 213 Å². The first-order valence-corrected chi connectivity index (χ1v) is 24.5. The maximum Gasteiger partial charge on any atom is 0.167 e. The second-order valence-corrected chi connectivity index (χ2v) is 18.7. The molecule has 0 amide bonds. The fourth-order valence-electron chi connectivity index (χ4n) is 11.7. The molecule has 12 aromatic rings. The van der Waals surface area contributed by atoms with E-state index < -0.39 is 5.41 Å². The van der Waals surface area contributed by atoms with Gasteiger partial charge in [0.05, 0.1) is 11.0 Å². The Hall–Kier alpha value is -9.45. The molecule has 1 unspecified atom stereocenters. The highest BCUT2D eigenvalue weighted by atomic mass is 16.3. The number of rotatable bonds is 8. The zero-order chi connectivity index (χ0) is 47.9. The largest absolute Gasteiger partial charge is 0.455 e. The number of furan rings is 1. The Morgan fingerprint density at radius 2 is 0.931 bits per heavy atom. The number of fused-ring (bicyclic) bond motifs is 13. The Labute approximate surface area is 417 Å². The van der Waals surface area contributed by atoms with Gasteiger partial charge in [-0.2, -0.15) is 0 Å². The normalized spacial score (nSPS) is 14.0. The summed E-state index contributed by atoms with van der Waals surface area (Å²) in [7, 11) is 0. The topological polar surface area (TPSA) is 55.1 Å². The van der Waals surface area contributed by atoms with Crippen molar-refractivity contribution in [1.82, 2.24) is 15.0 Å². The molecule has 5 nitrogen and oxygen atoms in total. The highest BCUT2D eigenvalue weighted by molar-refractivity contribution is 6.09. The van der Waals surface area contributed by atoms with Gasteiger partial charge in [-0.15, -0.1) is 0 Å². The fraction of sp³-hybridized carbons (Fsp3) is 0.0299. The molecule has 1 atom stereocenters. The summed E-state index contributed by atoms with van der Waals surface area (Å²) in [5, 5.41) is 2.08. The summed E-state index contributed by atoms with van der Waals surface area (Å²) in [5.74, 6) is 1.76. The third kappa shape index (κ3) is 6.17. The van der Waals surface area contributed by atoms with Gasteiger partial charge in [0, 0.05) is 39.0 Å². The van der Waals surface area contributed by atoms with Crippen molar-refractivity contribution in [1.29, 1.82) is 0 Å². The number of hydrogen-bond acceptors (Lipinski definition) is 5. The molecule has 0 bridgehead atoms. The van der Waals surface area contributed by atoms with Crippen LogP contribution in [0, 0.1) is 6.92 Å². The summed E-state index contributed by atoms with van der Waals surface area (Å²) in [6.45, 7) is 6.80. The third-order valence-electron chi connectivity index (χ3n) is 14.9. The molecule has 72 heavy (non-hydrogen) atoms. The predicted molar refractivity (Wildman–Crippen MR) is 294 cm³/mol. The van der Waals surface area contributed by atoms with E-state index in [-0.39, 0.29) is 0 Å². The van der Waals surface area contributed by atoms with Crippen molar-refractivity contribution in [2.75, 3.05) is 4.90 Å². The number of anilines is 2. The zero-order valence-electron chi connectivity index (χ0n) is 39.4. The van der Waals surface area contributed by atoms with Crippen LogP contribution in [0.4, 0.5) is 11.4 Å². The number of hydrogen-bond donors (Lipinski definition) is 0. The Bertz CT molecular complexity index is 4140. The fourth-order valence-corrected chi connectivity index (χ4v) is 11.7. The molecule has 0 saturated heterocycles. The van der Waals surface area contributed by atoms with Gasteiger partial charge in [-0.05, 0) is 104 Å². The average Bonchev–Trinajstić information content (AvgIpc) is 4.09. The summed E-state index contributed by atoms with van der Waals surface area (Å²) in [6, 6.07) is 84.0. The average molecular weight is 921 g/mol. The van der Waals surface area contributed by atoms with Crippen molar-refractivity contribution in [3.8, 4) is 67.5 Å². The molecule has 0 radical (unpaired) electrons. The lowest BCUT2D eigenvalue weighted by atomic mass is 9.70. The van der Waals surface area contributed by atoms with Crippen molar-refractivity contribution >= 4 is 39.0 Å². The summed E-state index contributed by atoms with van der Waals surface area (Å²) in [6.07, 6.45) is 0. The van der Waals surface area contributed by atoms with Crippen LogP contribution >= 0.6 is 0 Å². The van der Waals surface area contributed by atoms with Crippen LogP contribution in [-0.2, 0) is 5.41 Å². The monoisotopic (exact) mass is 920 g/mol. The molecule has 14 rings (SSSR count). The van der Waals surface area contributed by atoms with Gasteiger partial charge in [0.15, 0.2) is 17.5 Å². The summed E-state index contributed by atoms with van der Waals surface area (Å²) < 4.78 is 6.58. The molecule has 0 fully saturated rings. The van der Waals surface area contributed by atoms with Crippen molar-refractivity contribution in [2.45, 2.75) is 12.3 Å². The third-order valence-corrected chi connectivity index (χ3v) is 14.9. The number of para-hydroxylation sites is 3. The van der Waals surface area contributed by atoms with Crippen molar-refractivity contribution < 1.29 is 4.42 Å². The molecule has 2 aromatic heterocycles. The zero-order valence-corrected chi connectivity index (χ0v) is 39.4. The molecular weight excluding hydrogens is 877 g/mol. The summed E-state index contributed by atoms with van der Waals surface area (Å²) in [4.78, 5) is 18.2. The lowest BCUT2D eigenvalue weighted by molar-refractivity contribution is 0.669. The molecule has 2 aliphatic rings. The van der Waals surface area contributed by atoms with Crippen molar-refractivity contribution in [3.05, 3.63) is 277 Å². The highest BCUT2D eigenvalue weighted by Gasteiger charge is 2.52. The minimum Gasteiger partial charge on any atom is -0.455 e. The number of benzene rings is 10. The maximum absolute atomic E-state index is 6.58. The van der Waals surface area contributed by atoms with Crippen LogP contribution in [-0.4, -0.2) is 15.0 Å². The first kappa shape index (κ1) is 41.5. The Balaban J connectivity index is 0.952. The number of nitrogens with zero attached hydrogens (tertiary/aromatic N) is 4. The van der Waals surface area contributed by atoms with E-state index in [0.29, 0.717) is 17.5 Å². The van der Waals surface area contributed by atoms with Gasteiger partial charge in [0.2, 0.25) is 0 Å². The van der Waals surface area contributed by atoms with E-state index >= 15 is 0 Å². The van der Waals surface area contributed by atoms with Crippen LogP contribution in [0.25, 0.3) is 95.2 Å². The number of aryl methyl sites for hydroxylation is 1. The van der Waals surface area contributed by atoms with Crippen LogP contribution in [0.1, 0.15) is 33.4 Å². The minimum absolute atomic E-state index is 0.556. The second-order valence-electron chi connectivity index (χ2n) is 18.7. The summed E-state index contributed by atoms with van der Waals surface area (Å²) >= 11 is 0. The molecule has 2 aliphatic carbocycles. The first-order valence-electron chi connectivity index (χ1n) is 24.5. The van der Waals surface area contributed by atoms with Crippen LogP contribution < -0.4 is 4.90 Å². The lowest BCUT2D eigenvalue weighted by Gasteiger charge is -2.30. The molecule has 0 aliphatic heterocycles. The van der Waals surface area contributed by atoms with E-state index in [1.165, 1.54) is 44.5 Å². The molecule has 2 heterocycles. The van der Waals surface area contributed by atoms with Gasteiger partial charge in [0.25, 0.3) is 0 Å². The van der Waals surface area contributed by atoms with Crippen LogP contribution in [0.3, 0.4) is 0 Å². The van der Waals surface area contributed by atoms with Gasteiger partial charge in [-0.3, -0.25) is 0 Å². The Morgan fingerprint density at radius 1 is 0.417 bits per heavy atom. The molecule has 10 aromatic carbocycles. The molecule has 338 valence electrons. The standard InChI is InChI=1S/C67H44N4O/c1-42-20-9-15-36-59(42)71(43(2)44-21-5-3-6-22-44)47-40-38-45(39-41-47)48-28-18-34-57-61(48)51-26-10-13-32-55(51)67(57)56-33-14-11-27-52(56)62-53(30-19-35-58(62)67)65-68-64(46-23-7-4-8-24-46)69-66(70-65)54-31-17-29-50-49-25-12-16-37-60(49)72-63(50)54/h3-41H,2H2,1H3. The summed E-state index contributed by atoms with van der Waals surface area (Å²) in [5.41, 5.74) is 21.0. The van der Waals surface area contributed by atoms with Gasteiger partial charge in [-0.25, -0.2) is 15.0 Å². The van der Waals surface area contributed by atoms with Crippen LogP contribution in [0.2, 0.25) is 0 Å². The van der Waals surface area contributed by atoms with Crippen LogP contribution in [0.15, 0.2) is 248 Å². The Kier molecular flexibility index (Phi) is 9.42. The maximum atomic E-state index is 6.58. The van der Waals surface area contributed by atoms with E-state index in [0.717, 1.165) is 78.0 Å². The quantitative estimate of drug-likeness (QED) is 0.152. The second kappa shape index (κ2) is 16.3. The highest BCUT2D eigenvalue weighted by Crippen LogP contribution is 2.65. The van der Waals surface area contributed by atoms with Gasteiger partial charge >= 0.3 is 0 Å². The Morgan fingerprint density at radius 3 is 1.65 bits per heavy atom. The van der Waals surface area contributed by atoms with Crippen molar-refractivity contribution in [2.24, 2.45) is 0 Å². The van der Waals surface area contributed by atoms with Gasteiger partial charge in [-0.1, -0.05) is 213 Å². The molecule has 0 saturated carbocycles. The first-order chi connectivity index (χ1) is 35.6. The molecule has 5 heteroatoms. The van der Waals surface area contributed by atoms with E-state index in [9.17, 15) is 0 Å². The number of aromatic nitrogens is 3. The minimum atomic E-state index is -0.614. The van der Waals surface area contributed by atoms with Crippen LogP contribution in [0.5, 0.6) is 0 Å². The van der Waals surface area contributed by atoms with Gasteiger partial charge < -0.3 is 9.32 Å². The molecular formula is C67H44N4O. The van der Waals surface area contributed by atoms with E-state index in [4.69, 9.17) is 19.4 Å².